The van der Waals surface area contributed by atoms with Crippen molar-refractivity contribution in [3.05, 3.63) is 58.1 Å². The molecule has 6 heteroatoms. The predicted molar refractivity (Wildman–Crippen MR) is 71.2 cm³/mol. The van der Waals surface area contributed by atoms with E-state index < -0.39 is 4.92 Å². The van der Waals surface area contributed by atoms with Crippen molar-refractivity contribution in [3.8, 4) is 5.88 Å². The molecule has 0 saturated heterocycles. The van der Waals surface area contributed by atoms with E-state index in [1.54, 1.807) is 7.05 Å². The highest BCUT2D eigenvalue weighted by molar-refractivity contribution is 5.47. The third kappa shape index (κ3) is 3.41. The number of pyridine rings is 1. The first kappa shape index (κ1) is 12.8. The number of ether oxygens (including phenoxy) is 1. The molecule has 0 spiro atoms. The predicted octanol–water partition coefficient (Wildman–Crippen LogP) is 2.61. The largest absolute Gasteiger partial charge is 0.473 e. The molecule has 98 valence electrons. The molecule has 0 aliphatic carbocycles. The molecule has 0 aliphatic rings. The first-order valence-electron chi connectivity index (χ1n) is 5.70. The van der Waals surface area contributed by atoms with Crippen molar-refractivity contribution in [2.45, 2.75) is 6.61 Å². The maximum absolute atomic E-state index is 10.8. The van der Waals surface area contributed by atoms with Crippen LogP contribution < -0.4 is 10.1 Å². The van der Waals surface area contributed by atoms with Gasteiger partial charge in [0.15, 0.2) is 0 Å². The standard InChI is InChI=1S/C13H13N3O3/c1-14-12-7-11(16(17)18)8-13(15-12)19-9-10-5-3-2-4-6-10/h2-8H,9H2,1H3,(H,14,15). The van der Waals surface area contributed by atoms with Crippen molar-refractivity contribution in [1.29, 1.82) is 0 Å². The number of anilines is 1. The van der Waals surface area contributed by atoms with Gasteiger partial charge in [-0.1, -0.05) is 30.3 Å². The zero-order valence-corrected chi connectivity index (χ0v) is 10.4. The van der Waals surface area contributed by atoms with Gasteiger partial charge in [-0.25, -0.2) is 0 Å². The van der Waals surface area contributed by atoms with Gasteiger partial charge in [0, 0.05) is 7.05 Å². The van der Waals surface area contributed by atoms with Crippen LogP contribution in [-0.4, -0.2) is 17.0 Å². The van der Waals surface area contributed by atoms with Crippen LogP contribution in [0.5, 0.6) is 5.88 Å². The van der Waals surface area contributed by atoms with Gasteiger partial charge in [0.05, 0.1) is 17.1 Å². The van der Waals surface area contributed by atoms with E-state index in [2.05, 4.69) is 10.3 Å². The minimum absolute atomic E-state index is 0.0533. The number of nitrogens with one attached hydrogen (secondary N) is 1. The highest BCUT2D eigenvalue weighted by Gasteiger charge is 2.11. The van der Waals surface area contributed by atoms with Crippen molar-refractivity contribution < 1.29 is 9.66 Å². The fourth-order valence-electron chi connectivity index (χ4n) is 1.53. The Morgan fingerprint density at radius 3 is 2.68 bits per heavy atom. The van der Waals surface area contributed by atoms with E-state index in [9.17, 15) is 10.1 Å². The summed E-state index contributed by atoms with van der Waals surface area (Å²) in [4.78, 5) is 14.4. The molecular weight excluding hydrogens is 246 g/mol. The lowest BCUT2D eigenvalue weighted by atomic mass is 10.2. The minimum Gasteiger partial charge on any atom is -0.473 e. The van der Waals surface area contributed by atoms with Crippen molar-refractivity contribution in [3.63, 3.8) is 0 Å². The summed E-state index contributed by atoms with van der Waals surface area (Å²) in [5, 5.41) is 13.6. The molecule has 0 unspecified atom stereocenters. The van der Waals surface area contributed by atoms with E-state index >= 15 is 0 Å². The molecule has 6 nitrogen and oxygen atoms in total. The van der Waals surface area contributed by atoms with Gasteiger partial charge in [-0.2, -0.15) is 4.98 Å². The number of hydrogen-bond donors (Lipinski definition) is 1. The summed E-state index contributed by atoms with van der Waals surface area (Å²) in [7, 11) is 1.65. The summed E-state index contributed by atoms with van der Waals surface area (Å²) >= 11 is 0. The van der Waals surface area contributed by atoms with E-state index in [1.807, 2.05) is 30.3 Å². The highest BCUT2D eigenvalue weighted by atomic mass is 16.6. The van der Waals surface area contributed by atoms with Crippen LogP contribution in [0.2, 0.25) is 0 Å². The number of hydrogen-bond acceptors (Lipinski definition) is 5. The SMILES string of the molecule is CNc1cc([N+](=O)[O-])cc(OCc2ccccc2)n1. The first-order valence-corrected chi connectivity index (χ1v) is 5.70. The van der Waals surface area contributed by atoms with Crippen molar-refractivity contribution in [2.75, 3.05) is 12.4 Å². The molecule has 0 amide bonds. The van der Waals surface area contributed by atoms with Gasteiger partial charge < -0.3 is 10.1 Å². The second-order valence-electron chi connectivity index (χ2n) is 3.83. The molecule has 1 N–H and O–H groups in total. The Hall–Kier alpha value is -2.63. The molecule has 19 heavy (non-hydrogen) atoms. The van der Waals surface area contributed by atoms with E-state index in [0.717, 1.165) is 5.56 Å². The zero-order valence-electron chi connectivity index (χ0n) is 10.4. The van der Waals surface area contributed by atoms with Crippen LogP contribution in [0.25, 0.3) is 0 Å². The van der Waals surface area contributed by atoms with Gasteiger partial charge in [-0.3, -0.25) is 10.1 Å². The molecular formula is C13H13N3O3. The summed E-state index contributed by atoms with van der Waals surface area (Å²) < 4.78 is 5.47. The third-order valence-corrected chi connectivity index (χ3v) is 2.48. The van der Waals surface area contributed by atoms with Crippen molar-refractivity contribution >= 4 is 11.5 Å². The van der Waals surface area contributed by atoms with Crippen LogP contribution in [-0.2, 0) is 6.61 Å². The number of nitrogens with zero attached hydrogens (tertiary/aromatic N) is 2. The summed E-state index contributed by atoms with van der Waals surface area (Å²) in [6.07, 6.45) is 0. The maximum Gasteiger partial charge on any atom is 0.278 e. The third-order valence-electron chi connectivity index (χ3n) is 2.48. The smallest absolute Gasteiger partial charge is 0.278 e. The van der Waals surface area contributed by atoms with Crippen molar-refractivity contribution in [2.24, 2.45) is 0 Å². The van der Waals surface area contributed by atoms with Crippen LogP contribution >= 0.6 is 0 Å². The lowest BCUT2D eigenvalue weighted by Gasteiger charge is -2.07. The number of nitro groups is 1. The molecule has 0 atom stereocenters. The van der Waals surface area contributed by atoms with Crippen LogP contribution in [0.4, 0.5) is 11.5 Å². The monoisotopic (exact) mass is 259 g/mol. The fourth-order valence-corrected chi connectivity index (χ4v) is 1.53. The van der Waals surface area contributed by atoms with Gasteiger partial charge in [0.1, 0.15) is 12.4 Å². The van der Waals surface area contributed by atoms with E-state index in [1.165, 1.54) is 12.1 Å². The lowest BCUT2D eigenvalue weighted by Crippen LogP contribution is -2.01. The van der Waals surface area contributed by atoms with Gasteiger partial charge in [0.2, 0.25) is 5.88 Å². The molecule has 0 bridgehead atoms. The maximum atomic E-state index is 10.8. The van der Waals surface area contributed by atoms with E-state index in [4.69, 9.17) is 4.74 Å². The van der Waals surface area contributed by atoms with Crippen LogP contribution in [0, 0.1) is 10.1 Å². The normalized spacial score (nSPS) is 9.95. The summed E-state index contributed by atoms with van der Waals surface area (Å²) in [6.45, 7) is 0.318. The highest BCUT2D eigenvalue weighted by Crippen LogP contribution is 2.22. The number of benzene rings is 1. The first-order chi connectivity index (χ1) is 9.19. The molecule has 0 saturated carbocycles. The Morgan fingerprint density at radius 2 is 2.05 bits per heavy atom. The molecule has 2 aromatic rings. The minimum atomic E-state index is -0.474. The van der Waals surface area contributed by atoms with E-state index in [0.29, 0.717) is 12.4 Å². The van der Waals surface area contributed by atoms with Crippen molar-refractivity contribution in [1.82, 2.24) is 4.98 Å². The number of rotatable bonds is 5. The summed E-state index contributed by atoms with van der Waals surface area (Å²) in [5.41, 5.74) is 0.921. The van der Waals surface area contributed by atoms with Gasteiger partial charge in [-0.05, 0) is 5.56 Å². The summed E-state index contributed by atoms with van der Waals surface area (Å²) in [6, 6.07) is 12.2. The summed E-state index contributed by atoms with van der Waals surface area (Å²) in [5.74, 6) is 0.625. The second-order valence-corrected chi connectivity index (χ2v) is 3.83. The van der Waals surface area contributed by atoms with Crippen LogP contribution in [0.1, 0.15) is 5.56 Å². The molecule has 1 heterocycles. The average molecular weight is 259 g/mol. The Labute approximate surface area is 110 Å². The molecule has 1 aromatic carbocycles. The Kier molecular flexibility index (Phi) is 3.92. The molecule has 0 fully saturated rings. The van der Waals surface area contributed by atoms with Crippen LogP contribution in [0.15, 0.2) is 42.5 Å². The van der Waals surface area contributed by atoms with Gasteiger partial charge >= 0.3 is 0 Å². The van der Waals surface area contributed by atoms with Gasteiger partial charge in [-0.15, -0.1) is 0 Å². The number of aromatic nitrogens is 1. The molecule has 2 rings (SSSR count). The fraction of sp³-hybridized carbons (Fsp3) is 0.154. The zero-order chi connectivity index (χ0) is 13.7. The molecule has 0 radical (unpaired) electrons. The lowest BCUT2D eigenvalue weighted by molar-refractivity contribution is -0.384. The Balaban J connectivity index is 2.15. The topological polar surface area (TPSA) is 77.3 Å². The van der Waals surface area contributed by atoms with Gasteiger partial charge in [0.25, 0.3) is 5.69 Å². The Bertz CT molecular complexity index is 573. The molecule has 1 aromatic heterocycles. The quantitative estimate of drug-likeness (QED) is 0.659. The van der Waals surface area contributed by atoms with E-state index in [-0.39, 0.29) is 11.6 Å². The molecule has 0 aliphatic heterocycles. The second kappa shape index (κ2) is 5.81. The van der Waals surface area contributed by atoms with Crippen LogP contribution in [0.3, 0.4) is 0 Å². The Morgan fingerprint density at radius 1 is 1.32 bits per heavy atom. The average Bonchev–Trinajstić information content (AvgIpc) is 2.45.